The molecule has 0 aromatic rings. The third-order valence-corrected chi connectivity index (χ3v) is 5.56. The Morgan fingerprint density at radius 2 is 1.62 bits per heavy atom. The van der Waals surface area contributed by atoms with Crippen LogP contribution in [0.2, 0.25) is 0 Å². The Hall–Kier alpha value is -0.0800. The van der Waals surface area contributed by atoms with Crippen LogP contribution < -0.4 is 0 Å². The molecule has 0 unspecified atom stereocenters. The minimum Gasteiger partial charge on any atom is -0.375 e. The maximum atomic E-state index is 6.33. The Bertz CT molecular complexity index is 273. The predicted molar refractivity (Wildman–Crippen MR) is 90.6 cm³/mol. The lowest BCUT2D eigenvalue weighted by Gasteiger charge is -2.41. The lowest BCUT2D eigenvalue weighted by atomic mass is 9.75. The molecule has 124 valence electrons. The van der Waals surface area contributed by atoms with E-state index in [2.05, 4.69) is 32.6 Å². The molecule has 1 saturated heterocycles. The van der Waals surface area contributed by atoms with Crippen molar-refractivity contribution in [3.8, 4) is 0 Å². The zero-order chi connectivity index (χ0) is 15.2. The highest BCUT2D eigenvalue weighted by Crippen LogP contribution is 2.37. The average molecular weight is 296 g/mol. The first-order valence-corrected chi connectivity index (χ1v) is 9.48. The zero-order valence-corrected chi connectivity index (χ0v) is 14.8. The summed E-state index contributed by atoms with van der Waals surface area (Å²) >= 11 is 0. The third-order valence-electron chi connectivity index (χ3n) is 5.56. The number of piperidine rings is 1. The van der Waals surface area contributed by atoms with Crippen LogP contribution in [0.3, 0.4) is 0 Å². The van der Waals surface area contributed by atoms with E-state index in [1.807, 2.05) is 0 Å². The maximum absolute atomic E-state index is 6.33. The molecule has 0 atom stereocenters. The summed E-state index contributed by atoms with van der Waals surface area (Å²) in [6.07, 6.45) is 10.5. The molecule has 0 spiro atoms. The lowest BCUT2D eigenvalue weighted by Crippen LogP contribution is -2.42. The van der Waals surface area contributed by atoms with Crippen LogP contribution in [0.15, 0.2) is 0 Å². The summed E-state index contributed by atoms with van der Waals surface area (Å²) in [7, 11) is 0. The number of hydrogen-bond donors (Lipinski definition) is 0. The van der Waals surface area contributed by atoms with E-state index in [0.717, 1.165) is 17.8 Å². The molecule has 1 heterocycles. The van der Waals surface area contributed by atoms with Gasteiger partial charge < -0.3 is 9.64 Å². The Labute approximate surface area is 132 Å². The van der Waals surface area contributed by atoms with Crippen molar-refractivity contribution in [3.63, 3.8) is 0 Å². The van der Waals surface area contributed by atoms with Crippen LogP contribution in [0, 0.1) is 17.8 Å². The van der Waals surface area contributed by atoms with E-state index in [1.54, 1.807) is 0 Å². The summed E-state index contributed by atoms with van der Waals surface area (Å²) in [5.41, 5.74) is 0. The second-order valence-electron chi connectivity index (χ2n) is 7.91. The van der Waals surface area contributed by atoms with Crippen LogP contribution in [-0.2, 0) is 4.74 Å². The Morgan fingerprint density at radius 3 is 2.14 bits per heavy atom. The van der Waals surface area contributed by atoms with Crippen molar-refractivity contribution >= 4 is 0 Å². The van der Waals surface area contributed by atoms with Gasteiger partial charge in [-0.25, -0.2) is 0 Å². The van der Waals surface area contributed by atoms with Gasteiger partial charge in [0.15, 0.2) is 0 Å². The highest BCUT2D eigenvalue weighted by Gasteiger charge is 2.33. The van der Waals surface area contributed by atoms with E-state index in [1.165, 1.54) is 64.6 Å². The SMILES string of the molecule is CCC(CC)CC1CC(OC2CCN(CC(C)C)CC2)C1. The number of nitrogens with zero attached hydrogens (tertiary/aromatic N) is 1. The van der Waals surface area contributed by atoms with E-state index in [9.17, 15) is 0 Å². The minimum absolute atomic E-state index is 0.549. The molecule has 2 aliphatic rings. The molecule has 1 aliphatic carbocycles. The van der Waals surface area contributed by atoms with Crippen molar-refractivity contribution in [2.75, 3.05) is 19.6 Å². The summed E-state index contributed by atoms with van der Waals surface area (Å²) < 4.78 is 6.33. The van der Waals surface area contributed by atoms with Crippen molar-refractivity contribution in [2.24, 2.45) is 17.8 Å². The molecule has 1 aliphatic heterocycles. The summed E-state index contributed by atoms with van der Waals surface area (Å²) in [5, 5.41) is 0. The van der Waals surface area contributed by atoms with Gasteiger partial charge in [0.05, 0.1) is 12.2 Å². The first-order chi connectivity index (χ1) is 10.1. The normalized spacial score (nSPS) is 28.3. The molecule has 0 bridgehead atoms. The van der Waals surface area contributed by atoms with Crippen LogP contribution in [0.25, 0.3) is 0 Å². The van der Waals surface area contributed by atoms with Crippen molar-refractivity contribution in [1.82, 2.24) is 4.90 Å². The smallest absolute Gasteiger partial charge is 0.0603 e. The van der Waals surface area contributed by atoms with Gasteiger partial charge in [0.2, 0.25) is 0 Å². The largest absolute Gasteiger partial charge is 0.375 e. The number of hydrogen-bond acceptors (Lipinski definition) is 2. The van der Waals surface area contributed by atoms with Crippen LogP contribution in [0.1, 0.15) is 72.6 Å². The van der Waals surface area contributed by atoms with Gasteiger partial charge in [-0.3, -0.25) is 0 Å². The van der Waals surface area contributed by atoms with Crippen LogP contribution >= 0.6 is 0 Å². The van der Waals surface area contributed by atoms with Gasteiger partial charge >= 0.3 is 0 Å². The standard InChI is InChI=1S/C19H37NO/c1-5-16(6-2)11-17-12-19(13-17)21-18-7-9-20(10-8-18)14-15(3)4/h15-19H,5-14H2,1-4H3. The summed E-state index contributed by atoms with van der Waals surface area (Å²) in [6, 6.07) is 0. The Kier molecular flexibility index (Phi) is 7.01. The molecule has 0 amide bonds. The Morgan fingerprint density at radius 1 is 1.00 bits per heavy atom. The van der Waals surface area contributed by atoms with E-state index >= 15 is 0 Å². The molecule has 2 heteroatoms. The van der Waals surface area contributed by atoms with Gasteiger partial charge in [-0.05, 0) is 49.9 Å². The highest BCUT2D eigenvalue weighted by atomic mass is 16.5. The van der Waals surface area contributed by atoms with E-state index in [4.69, 9.17) is 4.74 Å². The number of rotatable bonds is 8. The van der Waals surface area contributed by atoms with Gasteiger partial charge in [-0.15, -0.1) is 0 Å². The molecule has 0 aromatic heterocycles. The fraction of sp³-hybridized carbons (Fsp3) is 1.00. The van der Waals surface area contributed by atoms with Crippen molar-refractivity contribution in [2.45, 2.75) is 84.8 Å². The monoisotopic (exact) mass is 295 g/mol. The molecule has 0 radical (unpaired) electrons. The molecular weight excluding hydrogens is 258 g/mol. The van der Waals surface area contributed by atoms with Gasteiger partial charge in [-0.2, -0.15) is 0 Å². The zero-order valence-electron chi connectivity index (χ0n) is 14.8. The second-order valence-corrected chi connectivity index (χ2v) is 7.91. The first-order valence-electron chi connectivity index (χ1n) is 9.48. The molecule has 21 heavy (non-hydrogen) atoms. The van der Waals surface area contributed by atoms with Gasteiger partial charge in [0.1, 0.15) is 0 Å². The van der Waals surface area contributed by atoms with E-state index < -0.39 is 0 Å². The second kappa shape index (κ2) is 8.53. The van der Waals surface area contributed by atoms with Crippen LogP contribution in [0.5, 0.6) is 0 Å². The van der Waals surface area contributed by atoms with E-state index in [0.29, 0.717) is 12.2 Å². The fourth-order valence-corrected chi connectivity index (χ4v) is 4.09. The van der Waals surface area contributed by atoms with E-state index in [-0.39, 0.29) is 0 Å². The molecule has 2 fully saturated rings. The average Bonchev–Trinajstić information content (AvgIpc) is 2.42. The van der Waals surface area contributed by atoms with Crippen LogP contribution in [-0.4, -0.2) is 36.7 Å². The van der Waals surface area contributed by atoms with Crippen molar-refractivity contribution in [1.29, 1.82) is 0 Å². The number of likely N-dealkylation sites (tertiary alicyclic amines) is 1. The van der Waals surface area contributed by atoms with Crippen molar-refractivity contribution in [3.05, 3.63) is 0 Å². The maximum Gasteiger partial charge on any atom is 0.0603 e. The van der Waals surface area contributed by atoms with Gasteiger partial charge in [0, 0.05) is 19.6 Å². The lowest BCUT2D eigenvalue weighted by molar-refractivity contribution is -0.0974. The Balaban J connectivity index is 1.57. The highest BCUT2D eigenvalue weighted by molar-refractivity contribution is 4.84. The first kappa shape index (κ1) is 17.3. The fourth-order valence-electron chi connectivity index (χ4n) is 4.09. The molecular formula is C19H37NO. The molecule has 0 aromatic carbocycles. The summed E-state index contributed by atoms with van der Waals surface area (Å²) in [5.74, 6) is 2.70. The molecule has 1 saturated carbocycles. The topological polar surface area (TPSA) is 12.5 Å². The predicted octanol–water partition coefficient (Wildman–Crippen LogP) is 4.73. The molecule has 2 nitrogen and oxygen atoms in total. The van der Waals surface area contributed by atoms with Gasteiger partial charge in [0.25, 0.3) is 0 Å². The quantitative estimate of drug-likeness (QED) is 0.642. The molecule has 2 rings (SSSR count). The third kappa shape index (κ3) is 5.56. The summed E-state index contributed by atoms with van der Waals surface area (Å²) in [6.45, 7) is 13.1. The van der Waals surface area contributed by atoms with Crippen LogP contribution in [0.4, 0.5) is 0 Å². The minimum atomic E-state index is 0.549. The molecule has 0 N–H and O–H groups in total. The van der Waals surface area contributed by atoms with Gasteiger partial charge in [-0.1, -0.05) is 40.5 Å². The summed E-state index contributed by atoms with van der Waals surface area (Å²) in [4.78, 5) is 2.61. The number of ether oxygens (including phenoxy) is 1. The van der Waals surface area contributed by atoms with Crippen molar-refractivity contribution < 1.29 is 4.74 Å².